The number of nitrogens with one attached hydrogen (secondary N) is 1. The lowest BCUT2D eigenvalue weighted by Gasteiger charge is -2.35. The Hall–Kier alpha value is -4.36. The molecule has 1 atom stereocenters. The van der Waals surface area contributed by atoms with Gasteiger partial charge < -0.3 is 24.9 Å². The molecule has 13 heteroatoms. The predicted octanol–water partition coefficient (Wildman–Crippen LogP) is 3.07. The SMILES string of the molecule is CCOC(=O)ON1CCN(C(=O)[C@H](CCC(=O)O)NC(=O)c2cc(-c3ccsc3)nc(-c3ccccc3)n2)CC1. The van der Waals surface area contributed by atoms with Crippen LogP contribution in [0.25, 0.3) is 22.6 Å². The first-order chi connectivity index (χ1) is 19.3. The largest absolute Gasteiger partial charge is 0.527 e. The average Bonchev–Trinajstić information content (AvgIpc) is 3.51. The zero-order valence-corrected chi connectivity index (χ0v) is 22.6. The number of piperazine rings is 1. The van der Waals surface area contributed by atoms with Crippen LogP contribution in [0.5, 0.6) is 0 Å². The van der Waals surface area contributed by atoms with E-state index in [0.717, 1.165) is 11.1 Å². The van der Waals surface area contributed by atoms with Crippen molar-refractivity contribution in [3.63, 3.8) is 0 Å². The van der Waals surface area contributed by atoms with E-state index in [-0.39, 0.29) is 51.3 Å². The number of carboxylic acids is 1. The highest BCUT2D eigenvalue weighted by Gasteiger charge is 2.31. The van der Waals surface area contributed by atoms with E-state index >= 15 is 0 Å². The maximum absolute atomic E-state index is 13.4. The fourth-order valence-corrected chi connectivity index (χ4v) is 4.71. The van der Waals surface area contributed by atoms with Crippen LogP contribution in [0, 0.1) is 0 Å². The van der Waals surface area contributed by atoms with Gasteiger partial charge >= 0.3 is 12.1 Å². The summed E-state index contributed by atoms with van der Waals surface area (Å²) in [7, 11) is 0. The van der Waals surface area contributed by atoms with Crippen molar-refractivity contribution < 1.29 is 33.9 Å². The minimum atomic E-state index is -1.10. The van der Waals surface area contributed by atoms with Gasteiger partial charge in [0.25, 0.3) is 5.91 Å². The maximum atomic E-state index is 13.4. The van der Waals surface area contributed by atoms with Crippen LogP contribution in [0.3, 0.4) is 0 Å². The van der Waals surface area contributed by atoms with Crippen molar-refractivity contribution in [2.24, 2.45) is 0 Å². The van der Waals surface area contributed by atoms with E-state index in [2.05, 4.69) is 15.3 Å². The minimum absolute atomic E-state index is 0.0517. The van der Waals surface area contributed by atoms with Crippen molar-refractivity contribution in [1.29, 1.82) is 0 Å². The van der Waals surface area contributed by atoms with E-state index in [4.69, 9.17) is 9.57 Å². The fraction of sp³-hybridized carbons (Fsp3) is 0.333. The van der Waals surface area contributed by atoms with Gasteiger partial charge in [-0.2, -0.15) is 11.3 Å². The molecule has 3 heterocycles. The summed E-state index contributed by atoms with van der Waals surface area (Å²) in [5, 5.41) is 17.1. The highest BCUT2D eigenvalue weighted by atomic mass is 32.1. The van der Waals surface area contributed by atoms with E-state index in [0.29, 0.717) is 11.5 Å². The van der Waals surface area contributed by atoms with Crippen LogP contribution < -0.4 is 5.32 Å². The van der Waals surface area contributed by atoms with Crippen LogP contribution in [-0.4, -0.2) is 87.8 Å². The van der Waals surface area contributed by atoms with Crippen molar-refractivity contribution >= 4 is 35.3 Å². The minimum Gasteiger partial charge on any atom is -0.481 e. The molecule has 1 aliphatic rings. The summed E-state index contributed by atoms with van der Waals surface area (Å²) in [4.78, 5) is 65.4. The van der Waals surface area contributed by atoms with Crippen molar-refractivity contribution in [2.45, 2.75) is 25.8 Å². The number of carbonyl (C=O) groups is 4. The summed E-state index contributed by atoms with van der Waals surface area (Å²) < 4.78 is 4.77. The van der Waals surface area contributed by atoms with Gasteiger partial charge in [0.15, 0.2) is 5.82 Å². The summed E-state index contributed by atoms with van der Waals surface area (Å²) in [5.41, 5.74) is 2.14. The summed E-state index contributed by atoms with van der Waals surface area (Å²) in [6.45, 7) is 2.74. The summed E-state index contributed by atoms with van der Waals surface area (Å²) in [6, 6.07) is 11.5. The Morgan fingerprint density at radius 1 is 1.05 bits per heavy atom. The second kappa shape index (κ2) is 13.6. The molecule has 12 nitrogen and oxygen atoms in total. The first kappa shape index (κ1) is 28.6. The lowest BCUT2D eigenvalue weighted by atomic mass is 10.1. The monoisotopic (exact) mass is 567 g/mol. The Bertz CT molecular complexity index is 1330. The van der Waals surface area contributed by atoms with E-state index < -0.39 is 30.0 Å². The first-order valence-corrected chi connectivity index (χ1v) is 13.7. The van der Waals surface area contributed by atoms with Gasteiger partial charge in [0.05, 0.1) is 25.4 Å². The normalized spacial score (nSPS) is 14.3. The Balaban J connectivity index is 1.52. The third-order valence-electron chi connectivity index (χ3n) is 6.07. The van der Waals surface area contributed by atoms with Gasteiger partial charge in [0.1, 0.15) is 11.7 Å². The summed E-state index contributed by atoms with van der Waals surface area (Å²) >= 11 is 1.49. The number of rotatable bonds is 10. The Morgan fingerprint density at radius 3 is 2.45 bits per heavy atom. The first-order valence-electron chi connectivity index (χ1n) is 12.7. The molecular formula is C27H29N5O7S. The van der Waals surface area contributed by atoms with Crippen LogP contribution in [-0.2, 0) is 19.2 Å². The molecule has 0 saturated carbocycles. The maximum Gasteiger partial charge on any atom is 0.527 e. The molecule has 0 bridgehead atoms. The molecule has 1 fully saturated rings. The molecule has 0 radical (unpaired) electrons. The molecule has 0 spiro atoms. The van der Waals surface area contributed by atoms with Crippen LogP contribution in [0.2, 0.25) is 0 Å². The number of carboxylic acid groups (broad SMARTS) is 1. The number of aliphatic carboxylic acids is 1. The zero-order valence-electron chi connectivity index (χ0n) is 21.8. The third kappa shape index (κ3) is 7.61. The van der Waals surface area contributed by atoms with Crippen LogP contribution in [0.15, 0.2) is 53.2 Å². The van der Waals surface area contributed by atoms with Crippen LogP contribution in [0.4, 0.5) is 4.79 Å². The smallest absolute Gasteiger partial charge is 0.481 e. The van der Waals surface area contributed by atoms with Gasteiger partial charge in [-0.25, -0.2) is 14.8 Å². The lowest BCUT2D eigenvalue weighted by Crippen LogP contribution is -2.55. The molecule has 0 aliphatic carbocycles. The number of aromatic nitrogens is 2. The van der Waals surface area contributed by atoms with Crippen molar-refractivity contribution in [3.8, 4) is 22.6 Å². The lowest BCUT2D eigenvalue weighted by molar-refractivity contribution is -0.157. The van der Waals surface area contributed by atoms with E-state index in [1.807, 2.05) is 47.2 Å². The number of nitrogens with zero attached hydrogens (tertiary/aromatic N) is 4. The number of hydroxylamine groups is 2. The topological polar surface area (TPSA) is 151 Å². The number of hydrogen-bond acceptors (Lipinski definition) is 10. The molecule has 210 valence electrons. The highest BCUT2D eigenvalue weighted by Crippen LogP contribution is 2.24. The second-order valence-corrected chi connectivity index (χ2v) is 9.61. The van der Waals surface area contributed by atoms with Crippen molar-refractivity contribution in [3.05, 3.63) is 58.9 Å². The zero-order chi connectivity index (χ0) is 28.5. The number of amides is 2. The highest BCUT2D eigenvalue weighted by molar-refractivity contribution is 7.08. The molecule has 1 aromatic carbocycles. The quantitative estimate of drug-likeness (QED) is 0.350. The Morgan fingerprint density at radius 2 is 1.80 bits per heavy atom. The van der Waals surface area contributed by atoms with Gasteiger partial charge in [-0.3, -0.25) is 14.4 Å². The molecule has 40 heavy (non-hydrogen) atoms. The molecular weight excluding hydrogens is 538 g/mol. The van der Waals surface area contributed by atoms with E-state index in [9.17, 15) is 24.3 Å². The summed E-state index contributed by atoms with van der Waals surface area (Å²) in [5.74, 6) is -1.79. The molecule has 3 aromatic rings. The fourth-order valence-electron chi connectivity index (χ4n) is 4.07. The van der Waals surface area contributed by atoms with Crippen LogP contribution >= 0.6 is 11.3 Å². The molecule has 0 unspecified atom stereocenters. The van der Waals surface area contributed by atoms with Crippen molar-refractivity contribution in [1.82, 2.24) is 25.2 Å². The standard InChI is InChI=1S/C27H29N5O7S/c1-2-38-27(37)39-32-13-11-31(12-14-32)26(36)20(8-9-23(33)34)30-25(35)22-16-21(19-10-15-40-17-19)28-24(29-22)18-6-4-3-5-7-18/h3-7,10,15-17,20H,2,8-9,11-14H2,1H3,(H,30,35)(H,33,34)/t20-/m0/s1. The van der Waals surface area contributed by atoms with Crippen molar-refractivity contribution in [2.75, 3.05) is 32.8 Å². The number of thiophene rings is 1. The third-order valence-corrected chi connectivity index (χ3v) is 6.76. The second-order valence-electron chi connectivity index (χ2n) is 8.83. The molecule has 2 N–H and O–H groups in total. The molecule has 1 aliphatic heterocycles. The Kier molecular flexibility index (Phi) is 9.76. The number of hydrogen-bond donors (Lipinski definition) is 2. The van der Waals surface area contributed by atoms with Gasteiger partial charge in [-0.15, -0.1) is 5.06 Å². The van der Waals surface area contributed by atoms with Gasteiger partial charge in [-0.1, -0.05) is 30.3 Å². The molecule has 2 amide bonds. The van der Waals surface area contributed by atoms with Crippen LogP contribution in [0.1, 0.15) is 30.3 Å². The number of benzene rings is 1. The summed E-state index contributed by atoms with van der Waals surface area (Å²) in [6.07, 6.45) is -1.25. The van der Waals surface area contributed by atoms with Gasteiger partial charge in [0, 0.05) is 36.0 Å². The molecule has 4 rings (SSSR count). The average molecular weight is 568 g/mol. The van der Waals surface area contributed by atoms with Gasteiger partial charge in [0.2, 0.25) is 5.91 Å². The number of ether oxygens (including phenoxy) is 1. The molecule has 2 aromatic heterocycles. The predicted molar refractivity (Wildman–Crippen MR) is 145 cm³/mol. The Labute approximate surface area is 234 Å². The van der Waals surface area contributed by atoms with E-state index in [1.165, 1.54) is 21.3 Å². The number of carbonyl (C=O) groups excluding carboxylic acids is 3. The van der Waals surface area contributed by atoms with Gasteiger partial charge in [-0.05, 0) is 30.9 Å². The molecule has 1 saturated heterocycles. The van der Waals surface area contributed by atoms with E-state index in [1.54, 1.807) is 13.0 Å².